The van der Waals surface area contributed by atoms with Crippen molar-refractivity contribution in [2.24, 2.45) is 0 Å². The number of anilines is 1. The average molecular weight is 329 g/mol. The third kappa shape index (κ3) is 3.01. The number of hydrogen-bond acceptors (Lipinski definition) is 7. The molecule has 0 fully saturated rings. The van der Waals surface area contributed by atoms with Crippen LogP contribution in [0, 0.1) is 0 Å². The first-order chi connectivity index (χ1) is 11.1. The second kappa shape index (κ2) is 6.31. The van der Waals surface area contributed by atoms with Crippen LogP contribution in [0.25, 0.3) is 21.5 Å². The Hall–Kier alpha value is -2.51. The maximum Gasteiger partial charge on any atom is 0.348 e. The maximum atomic E-state index is 11.9. The van der Waals surface area contributed by atoms with Crippen LogP contribution in [0.1, 0.15) is 22.2 Å². The zero-order valence-electron chi connectivity index (χ0n) is 12.4. The molecule has 118 valence electrons. The van der Waals surface area contributed by atoms with Crippen LogP contribution in [-0.4, -0.2) is 27.7 Å². The number of aliphatic hydroxyl groups is 1. The van der Waals surface area contributed by atoms with Gasteiger partial charge in [-0.2, -0.15) is 0 Å². The molecule has 3 aromatic rings. The first kappa shape index (κ1) is 15.4. The number of rotatable bonds is 4. The third-order valence-electron chi connectivity index (χ3n) is 3.30. The monoisotopic (exact) mass is 329 g/mol. The molecule has 0 aliphatic heterocycles. The van der Waals surface area contributed by atoms with E-state index in [9.17, 15) is 4.79 Å². The van der Waals surface area contributed by atoms with E-state index in [1.165, 1.54) is 11.3 Å². The van der Waals surface area contributed by atoms with Crippen LogP contribution in [-0.2, 0) is 11.3 Å². The van der Waals surface area contributed by atoms with Gasteiger partial charge in [0.2, 0.25) is 5.95 Å². The Morgan fingerprint density at radius 3 is 2.70 bits per heavy atom. The molecule has 0 aliphatic rings. The van der Waals surface area contributed by atoms with E-state index in [2.05, 4.69) is 9.97 Å². The highest BCUT2D eigenvalue weighted by Gasteiger charge is 2.17. The first-order valence-corrected chi connectivity index (χ1v) is 7.88. The summed E-state index contributed by atoms with van der Waals surface area (Å²) in [6, 6.07) is 9.08. The van der Waals surface area contributed by atoms with Gasteiger partial charge in [0.25, 0.3) is 0 Å². The van der Waals surface area contributed by atoms with Crippen molar-refractivity contribution in [2.75, 3.05) is 12.3 Å². The van der Waals surface area contributed by atoms with Gasteiger partial charge in [0.15, 0.2) is 0 Å². The molecule has 0 saturated heterocycles. The second-order valence-corrected chi connectivity index (χ2v) is 5.87. The number of nitrogen functional groups attached to an aromatic ring is 1. The van der Waals surface area contributed by atoms with E-state index in [1.807, 2.05) is 24.3 Å². The predicted octanol–water partition coefficient (Wildman–Crippen LogP) is 2.61. The normalized spacial score (nSPS) is 10.9. The minimum atomic E-state index is -0.379. The molecule has 0 amide bonds. The molecule has 23 heavy (non-hydrogen) atoms. The Bertz CT molecular complexity index is 859. The van der Waals surface area contributed by atoms with Crippen molar-refractivity contribution in [2.45, 2.75) is 13.5 Å². The summed E-state index contributed by atoms with van der Waals surface area (Å²) in [5.41, 5.74) is 8.10. The van der Waals surface area contributed by atoms with Crippen molar-refractivity contribution in [3.05, 3.63) is 40.8 Å². The minimum absolute atomic E-state index is 0.0208. The number of benzene rings is 1. The third-order valence-corrected chi connectivity index (χ3v) is 4.31. The van der Waals surface area contributed by atoms with E-state index in [0.717, 1.165) is 16.5 Å². The summed E-state index contributed by atoms with van der Waals surface area (Å²) in [6.07, 6.45) is 0. The molecule has 1 aromatic carbocycles. The number of hydrogen-bond donors (Lipinski definition) is 2. The Labute approximate surface area is 136 Å². The fourth-order valence-corrected chi connectivity index (χ4v) is 3.16. The van der Waals surface area contributed by atoms with E-state index in [-0.39, 0.29) is 18.5 Å². The van der Waals surface area contributed by atoms with Crippen LogP contribution in [0.3, 0.4) is 0 Å². The zero-order chi connectivity index (χ0) is 16.4. The highest BCUT2D eigenvalue weighted by Crippen LogP contribution is 2.33. The van der Waals surface area contributed by atoms with Gasteiger partial charge < -0.3 is 15.6 Å². The molecule has 0 unspecified atom stereocenters. The van der Waals surface area contributed by atoms with Gasteiger partial charge in [0.1, 0.15) is 9.71 Å². The fourth-order valence-electron chi connectivity index (χ4n) is 2.23. The number of esters is 1. The summed E-state index contributed by atoms with van der Waals surface area (Å²) in [5.74, 6) is -0.230. The summed E-state index contributed by atoms with van der Waals surface area (Å²) in [5, 5.41) is 9.89. The van der Waals surface area contributed by atoms with Gasteiger partial charge in [0.05, 0.1) is 18.9 Å². The fraction of sp³-hybridized carbons (Fsp3) is 0.188. The quantitative estimate of drug-likeness (QED) is 0.714. The van der Waals surface area contributed by atoms with Gasteiger partial charge in [-0.05, 0) is 18.6 Å². The number of aromatic nitrogens is 2. The summed E-state index contributed by atoms with van der Waals surface area (Å²) >= 11 is 1.23. The maximum absolute atomic E-state index is 11.9. The van der Waals surface area contributed by atoms with Crippen molar-refractivity contribution in [3.8, 4) is 11.3 Å². The van der Waals surface area contributed by atoms with Crippen LogP contribution in [0.5, 0.6) is 0 Å². The summed E-state index contributed by atoms with van der Waals surface area (Å²) in [6.45, 7) is 2.06. The lowest BCUT2D eigenvalue weighted by Gasteiger charge is -2.04. The Morgan fingerprint density at radius 2 is 2.04 bits per heavy atom. The number of carbonyl (C=O) groups excluding carboxylic acids is 1. The van der Waals surface area contributed by atoms with E-state index < -0.39 is 0 Å². The SMILES string of the molecule is CCOC(=O)c1cc2c(-c3ccc(CO)cc3)nc(N)nc2s1. The number of ether oxygens (including phenoxy) is 1. The van der Waals surface area contributed by atoms with Crippen molar-refractivity contribution in [1.82, 2.24) is 9.97 Å². The average Bonchev–Trinajstić information content (AvgIpc) is 2.98. The van der Waals surface area contributed by atoms with E-state index in [4.69, 9.17) is 15.6 Å². The lowest BCUT2D eigenvalue weighted by atomic mass is 10.1. The molecular formula is C16H15N3O3S. The van der Waals surface area contributed by atoms with E-state index in [1.54, 1.807) is 13.0 Å². The highest BCUT2D eigenvalue weighted by molar-refractivity contribution is 7.20. The van der Waals surface area contributed by atoms with E-state index in [0.29, 0.717) is 22.0 Å². The van der Waals surface area contributed by atoms with Crippen LogP contribution in [0.15, 0.2) is 30.3 Å². The molecule has 3 rings (SSSR count). The number of nitrogens with two attached hydrogens (primary N) is 1. The Balaban J connectivity index is 2.13. The van der Waals surface area contributed by atoms with Crippen LogP contribution >= 0.6 is 11.3 Å². The molecule has 0 aliphatic carbocycles. The number of carbonyl (C=O) groups is 1. The van der Waals surface area contributed by atoms with Crippen LogP contribution in [0.2, 0.25) is 0 Å². The molecule has 3 N–H and O–H groups in total. The molecular weight excluding hydrogens is 314 g/mol. The lowest BCUT2D eigenvalue weighted by Crippen LogP contribution is -2.01. The highest BCUT2D eigenvalue weighted by atomic mass is 32.1. The molecule has 0 saturated carbocycles. The van der Waals surface area contributed by atoms with E-state index >= 15 is 0 Å². The molecule has 7 heteroatoms. The van der Waals surface area contributed by atoms with Crippen LogP contribution in [0.4, 0.5) is 5.95 Å². The van der Waals surface area contributed by atoms with Crippen molar-refractivity contribution < 1.29 is 14.6 Å². The number of nitrogens with zero attached hydrogens (tertiary/aromatic N) is 2. The topological polar surface area (TPSA) is 98.3 Å². The Kier molecular flexibility index (Phi) is 4.22. The molecule has 0 atom stereocenters. The summed E-state index contributed by atoms with van der Waals surface area (Å²) < 4.78 is 5.03. The largest absolute Gasteiger partial charge is 0.462 e. The standard InChI is InChI=1S/C16H15N3O3S/c1-2-22-15(21)12-7-11-13(18-16(17)19-14(11)23-12)10-5-3-9(8-20)4-6-10/h3-7,20H,2,8H2,1H3,(H2,17,18,19). The van der Waals surface area contributed by atoms with Crippen LogP contribution < -0.4 is 5.73 Å². The summed E-state index contributed by atoms with van der Waals surface area (Å²) in [7, 11) is 0. The number of thiophene rings is 1. The molecule has 0 bridgehead atoms. The van der Waals surface area contributed by atoms with Crippen molar-refractivity contribution in [1.29, 1.82) is 0 Å². The zero-order valence-corrected chi connectivity index (χ0v) is 13.3. The molecule has 0 spiro atoms. The first-order valence-electron chi connectivity index (χ1n) is 7.06. The minimum Gasteiger partial charge on any atom is -0.462 e. The lowest BCUT2D eigenvalue weighted by molar-refractivity contribution is 0.0532. The summed E-state index contributed by atoms with van der Waals surface area (Å²) in [4.78, 5) is 21.5. The molecule has 2 aromatic heterocycles. The van der Waals surface area contributed by atoms with Gasteiger partial charge >= 0.3 is 5.97 Å². The molecule has 2 heterocycles. The molecule has 0 radical (unpaired) electrons. The van der Waals surface area contributed by atoms with Crippen molar-refractivity contribution in [3.63, 3.8) is 0 Å². The van der Waals surface area contributed by atoms with Gasteiger partial charge in [-0.3, -0.25) is 0 Å². The van der Waals surface area contributed by atoms with Gasteiger partial charge in [-0.15, -0.1) is 11.3 Å². The van der Waals surface area contributed by atoms with Gasteiger partial charge in [-0.25, -0.2) is 14.8 Å². The number of fused-ring (bicyclic) bond motifs is 1. The Morgan fingerprint density at radius 1 is 1.30 bits per heavy atom. The smallest absolute Gasteiger partial charge is 0.348 e. The second-order valence-electron chi connectivity index (χ2n) is 4.84. The van der Waals surface area contributed by atoms with Gasteiger partial charge in [-0.1, -0.05) is 24.3 Å². The number of aliphatic hydroxyl groups excluding tert-OH is 1. The molecule has 6 nitrogen and oxygen atoms in total. The van der Waals surface area contributed by atoms with Gasteiger partial charge in [0, 0.05) is 10.9 Å². The van der Waals surface area contributed by atoms with Crippen molar-refractivity contribution >= 4 is 33.5 Å². The predicted molar refractivity (Wildman–Crippen MR) is 89.1 cm³/mol.